The lowest BCUT2D eigenvalue weighted by Gasteiger charge is -2.17. The molecule has 1 aromatic heterocycles. The Morgan fingerprint density at radius 3 is 2.71 bits per heavy atom. The Labute approximate surface area is 114 Å². The minimum Gasteiger partial charge on any atom is -0.496 e. The normalized spacial score (nSPS) is 12.4. The Bertz CT molecular complexity index is 498. The van der Waals surface area contributed by atoms with E-state index >= 15 is 0 Å². The molecule has 0 aliphatic carbocycles. The van der Waals surface area contributed by atoms with Crippen LogP contribution in [0.25, 0.3) is 0 Å². The molecule has 0 spiro atoms. The van der Waals surface area contributed by atoms with E-state index in [4.69, 9.17) is 4.74 Å². The van der Waals surface area contributed by atoms with Crippen molar-refractivity contribution >= 4 is 27.3 Å². The van der Waals surface area contributed by atoms with Gasteiger partial charge in [-0.2, -0.15) is 0 Å². The van der Waals surface area contributed by atoms with Gasteiger partial charge in [0.25, 0.3) is 0 Å². The van der Waals surface area contributed by atoms with E-state index in [1.54, 1.807) is 18.4 Å². The Balaban J connectivity index is 2.41. The van der Waals surface area contributed by atoms with Crippen molar-refractivity contribution in [1.29, 1.82) is 0 Å². The molecule has 4 heteroatoms. The highest BCUT2D eigenvalue weighted by Gasteiger charge is 2.17. The number of para-hydroxylation sites is 1. The average Bonchev–Trinajstić information content (AvgIpc) is 2.77. The van der Waals surface area contributed by atoms with Crippen LogP contribution in [0.3, 0.4) is 0 Å². The second-order valence-corrected chi connectivity index (χ2v) is 5.49. The maximum absolute atomic E-state index is 5.41. The van der Waals surface area contributed by atoms with Crippen LogP contribution in [-0.2, 0) is 0 Å². The summed E-state index contributed by atoms with van der Waals surface area (Å²) >= 11 is 5.22. The third-order valence-corrected chi connectivity index (χ3v) is 4.37. The molecule has 0 radical (unpaired) electrons. The quantitative estimate of drug-likeness (QED) is 0.926. The number of hydrogen-bond acceptors (Lipinski definition) is 3. The first kappa shape index (κ1) is 12.6. The third kappa shape index (κ3) is 2.70. The summed E-state index contributed by atoms with van der Waals surface area (Å²) < 4.78 is 6.53. The number of methoxy groups -OCH3 is 1. The lowest BCUT2D eigenvalue weighted by atomic mass is 10.0. The molecule has 2 aromatic rings. The van der Waals surface area contributed by atoms with Gasteiger partial charge in [0.05, 0.1) is 13.2 Å². The fourth-order valence-electron chi connectivity index (χ4n) is 1.84. The van der Waals surface area contributed by atoms with Crippen molar-refractivity contribution in [3.05, 3.63) is 50.6 Å². The maximum atomic E-state index is 5.41. The summed E-state index contributed by atoms with van der Waals surface area (Å²) in [5.74, 6) is 0.913. The van der Waals surface area contributed by atoms with E-state index in [2.05, 4.69) is 38.8 Å². The van der Waals surface area contributed by atoms with Gasteiger partial charge in [0, 0.05) is 20.3 Å². The van der Waals surface area contributed by atoms with Gasteiger partial charge in [-0.15, -0.1) is 11.3 Å². The largest absolute Gasteiger partial charge is 0.496 e. The molecule has 0 fully saturated rings. The van der Waals surface area contributed by atoms with E-state index in [9.17, 15) is 0 Å². The second-order valence-electron chi connectivity index (χ2n) is 3.63. The number of thiophene rings is 1. The zero-order valence-electron chi connectivity index (χ0n) is 9.74. The molecule has 90 valence electrons. The number of hydrogen-bond donors (Lipinski definition) is 1. The van der Waals surface area contributed by atoms with E-state index in [1.165, 1.54) is 4.88 Å². The van der Waals surface area contributed by atoms with Gasteiger partial charge in [0.1, 0.15) is 5.75 Å². The summed E-state index contributed by atoms with van der Waals surface area (Å²) in [6.07, 6.45) is 0. The molecule has 0 aliphatic heterocycles. The monoisotopic (exact) mass is 311 g/mol. The Morgan fingerprint density at radius 2 is 2.12 bits per heavy atom. The third-order valence-electron chi connectivity index (χ3n) is 2.61. The van der Waals surface area contributed by atoms with Crippen LogP contribution in [-0.4, -0.2) is 14.2 Å². The number of ether oxygens (including phenoxy) is 1. The molecule has 0 amide bonds. The molecular formula is C13H14BrNOS. The highest BCUT2D eigenvalue weighted by atomic mass is 79.9. The highest BCUT2D eigenvalue weighted by Crippen LogP contribution is 2.34. The van der Waals surface area contributed by atoms with E-state index < -0.39 is 0 Å². The van der Waals surface area contributed by atoms with Crippen molar-refractivity contribution in [2.45, 2.75) is 6.04 Å². The highest BCUT2D eigenvalue weighted by molar-refractivity contribution is 9.10. The number of halogens is 1. The van der Waals surface area contributed by atoms with Crippen LogP contribution in [0.4, 0.5) is 0 Å². The van der Waals surface area contributed by atoms with Gasteiger partial charge >= 0.3 is 0 Å². The first-order valence-electron chi connectivity index (χ1n) is 5.30. The molecular weight excluding hydrogens is 298 g/mol. The van der Waals surface area contributed by atoms with Gasteiger partial charge < -0.3 is 10.1 Å². The summed E-state index contributed by atoms with van der Waals surface area (Å²) in [5.41, 5.74) is 1.16. The Kier molecular flexibility index (Phi) is 4.20. The second kappa shape index (κ2) is 5.67. The van der Waals surface area contributed by atoms with Crippen molar-refractivity contribution in [3.8, 4) is 5.75 Å². The van der Waals surface area contributed by atoms with Gasteiger partial charge in [-0.25, -0.2) is 0 Å². The van der Waals surface area contributed by atoms with E-state index in [0.29, 0.717) is 0 Å². The Hall–Kier alpha value is -0.840. The molecule has 0 saturated heterocycles. The minimum atomic E-state index is 0.169. The summed E-state index contributed by atoms with van der Waals surface area (Å²) in [6, 6.07) is 10.4. The van der Waals surface area contributed by atoms with Gasteiger partial charge in [-0.1, -0.05) is 18.2 Å². The number of benzene rings is 1. The lowest BCUT2D eigenvalue weighted by Crippen LogP contribution is -2.17. The standard InChI is InChI=1S/C13H14BrNOS/c1-15-13(12-7-9(14)8-17-12)10-5-3-4-6-11(10)16-2/h3-8,13,15H,1-2H3. The smallest absolute Gasteiger partial charge is 0.124 e. The molecule has 2 nitrogen and oxygen atoms in total. The molecule has 1 atom stereocenters. The fourth-order valence-corrected chi connectivity index (χ4v) is 3.41. The fraction of sp³-hybridized carbons (Fsp3) is 0.231. The topological polar surface area (TPSA) is 21.3 Å². The van der Waals surface area contributed by atoms with Crippen LogP contribution in [0.15, 0.2) is 40.2 Å². The zero-order valence-corrected chi connectivity index (χ0v) is 12.1. The molecule has 2 rings (SSSR count). The van der Waals surface area contributed by atoms with Crippen LogP contribution >= 0.6 is 27.3 Å². The van der Waals surface area contributed by atoms with E-state index in [-0.39, 0.29) is 6.04 Å². The van der Waals surface area contributed by atoms with Crippen molar-refractivity contribution in [3.63, 3.8) is 0 Å². The summed E-state index contributed by atoms with van der Waals surface area (Å²) in [6.45, 7) is 0. The van der Waals surface area contributed by atoms with Gasteiger partial charge in [0.2, 0.25) is 0 Å². The molecule has 0 aliphatic rings. The van der Waals surface area contributed by atoms with Crippen LogP contribution in [0.2, 0.25) is 0 Å². The summed E-state index contributed by atoms with van der Waals surface area (Å²) in [5, 5.41) is 5.42. The summed E-state index contributed by atoms with van der Waals surface area (Å²) in [4.78, 5) is 1.27. The Morgan fingerprint density at radius 1 is 1.35 bits per heavy atom. The van der Waals surface area contributed by atoms with E-state index in [0.717, 1.165) is 15.8 Å². The predicted octanol–water partition coefficient (Wildman–Crippen LogP) is 3.83. The molecule has 1 heterocycles. The van der Waals surface area contributed by atoms with Crippen LogP contribution in [0, 0.1) is 0 Å². The van der Waals surface area contributed by atoms with Crippen LogP contribution in [0.1, 0.15) is 16.5 Å². The van der Waals surface area contributed by atoms with Gasteiger partial charge in [-0.3, -0.25) is 0 Å². The molecule has 0 saturated carbocycles. The number of rotatable bonds is 4. The lowest BCUT2D eigenvalue weighted by molar-refractivity contribution is 0.405. The molecule has 1 unspecified atom stereocenters. The minimum absolute atomic E-state index is 0.169. The molecule has 0 bridgehead atoms. The van der Waals surface area contributed by atoms with Crippen molar-refractivity contribution in [2.24, 2.45) is 0 Å². The SMILES string of the molecule is CNC(c1cc(Br)cs1)c1ccccc1OC. The van der Waals surface area contributed by atoms with E-state index in [1.807, 2.05) is 25.2 Å². The first-order chi connectivity index (χ1) is 8.26. The van der Waals surface area contributed by atoms with Crippen molar-refractivity contribution in [1.82, 2.24) is 5.32 Å². The zero-order chi connectivity index (χ0) is 12.3. The van der Waals surface area contributed by atoms with Gasteiger partial charge in [-0.05, 0) is 35.1 Å². The first-order valence-corrected chi connectivity index (χ1v) is 6.97. The maximum Gasteiger partial charge on any atom is 0.124 e. The molecule has 1 N–H and O–H groups in total. The van der Waals surface area contributed by atoms with Crippen molar-refractivity contribution < 1.29 is 4.74 Å². The number of nitrogens with one attached hydrogen (secondary N) is 1. The predicted molar refractivity (Wildman–Crippen MR) is 75.9 cm³/mol. The average molecular weight is 312 g/mol. The van der Waals surface area contributed by atoms with Crippen LogP contribution < -0.4 is 10.1 Å². The molecule has 17 heavy (non-hydrogen) atoms. The summed E-state index contributed by atoms with van der Waals surface area (Å²) in [7, 11) is 3.67. The van der Waals surface area contributed by atoms with Gasteiger partial charge in [0.15, 0.2) is 0 Å². The van der Waals surface area contributed by atoms with Crippen LogP contribution in [0.5, 0.6) is 5.75 Å². The van der Waals surface area contributed by atoms with Crippen molar-refractivity contribution in [2.75, 3.05) is 14.2 Å². The molecule has 1 aromatic carbocycles.